The summed E-state index contributed by atoms with van der Waals surface area (Å²) in [5.74, 6) is 0.656. The second-order valence-corrected chi connectivity index (χ2v) is 5.81. The topological polar surface area (TPSA) is 35.2 Å². The molecule has 1 aliphatic rings. The molecule has 3 rings (SSSR count). The van der Waals surface area contributed by atoms with Gasteiger partial charge in [0.15, 0.2) is 5.82 Å². The molecule has 106 valence electrons. The first-order valence-electron chi connectivity index (χ1n) is 6.54. The van der Waals surface area contributed by atoms with Crippen molar-refractivity contribution in [2.45, 2.75) is 13.3 Å². The monoisotopic (exact) mass is 292 g/mol. The van der Waals surface area contributed by atoms with Gasteiger partial charge in [-0.05, 0) is 11.8 Å². The van der Waals surface area contributed by atoms with E-state index < -0.39 is 0 Å². The Morgan fingerprint density at radius 1 is 1.50 bits per heavy atom. The molecule has 0 amide bonds. The van der Waals surface area contributed by atoms with Crippen molar-refractivity contribution in [3.63, 3.8) is 0 Å². The largest absolute Gasteiger partial charge is 0.374 e. The van der Waals surface area contributed by atoms with E-state index in [0.717, 1.165) is 28.0 Å². The molecule has 1 aliphatic heterocycles. The molecule has 6 heteroatoms. The maximum Gasteiger partial charge on any atom is 0.153 e. The summed E-state index contributed by atoms with van der Waals surface area (Å²) in [6.45, 7) is 1.99. The highest BCUT2D eigenvalue weighted by Crippen LogP contribution is 2.41. The summed E-state index contributed by atoms with van der Waals surface area (Å²) in [6.07, 6.45) is 4.44. The lowest BCUT2D eigenvalue weighted by atomic mass is 10.0. The van der Waals surface area contributed by atoms with Gasteiger partial charge in [0.05, 0.1) is 29.0 Å². The van der Waals surface area contributed by atoms with Crippen molar-refractivity contribution in [1.29, 1.82) is 0 Å². The number of thioether (sulfide) groups is 1. The molecule has 0 bridgehead atoms. The van der Waals surface area contributed by atoms with Crippen LogP contribution in [0.1, 0.15) is 12.5 Å². The molecule has 0 spiro atoms. The highest BCUT2D eigenvalue weighted by molar-refractivity contribution is 8.02. The summed E-state index contributed by atoms with van der Waals surface area (Å²) in [4.78, 5) is 3.89. The molecule has 0 unspecified atom stereocenters. The van der Waals surface area contributed by atoms with Gasteiger partial charge in [0.25, 0.3) is 0 Å². The molecular weight excluding hydrogens is 275 g/mol. The smallest absolute Gasteiger partial charge is 0.153 e. The fourth-order valence-corrected chi connectivity index (χ4v) is 3.35. The normalized spacial score (nSPS) is 14.5. The number of aromatic nitrogens is 2. The number of halogens is 1. The number of nitrogens with zero attached hydrogens (tertiary/aromatic N) is 3. The van der Waals surface area contributed by atoms with Gasteiger partial charge in [0.2, 0.25) is 0 Å². The first-order valence-corrected chi connectivity index (χ1v) is 7.59. The Kier molecular flexibility index (Phi) is 3.33. The van der Waals surface area contributed by atoms with Crippen LogP contribution in [-0.4, -0.2) is 30.2 Å². The molecule has 2 heterocycles. The van der Waals surface area contributed by atoms with E-state index in [-0.39, 0.29) is 5.82 Å². The Morgan fingerprint density at radius 2 is 2.30 bits per heavy atom. The second kappa shape index (κ2) is 5.01. The van der Waals surface area contributed by atoms with Crippen LogP contribution in [-0.2, 0) is 6.42 Å². The van der Waals surface area contributed by atoms with E-state index in [1.165, 1.54) is 0 Å². The highest BCUT2D eigenvalue weighted by atomic mass is 32.2. The molecule has 1 aromatic heterocycles. The molecule has 0 radical (unpaired) electrons. The van der Waals surface area contributed by atoms with Gasteiger partial charge in [-0.1, -0.05) is 6.92 Å². The number of anilines is 2. The maximum atomic E-state index is 14.9. The third-order valence-electron chi connectivity index (χ3n) is 3.53. The first kappa shape index (κ1) is 13.3. The number of benzene rings is 1. The quantitative estimate of drug-likeness (QED) is 0.941. The Balaban J connectivity index is 2.36. The maximum absolute atomic E-state index is 14.9. The lowest BCUT2D eigenvalue weighted by Crippen LogP contribution is -2.18. The van der Waals surface area contributed by atoms with Gasteiger partial charge in [0.1, 0.15) is 0 Å². The average Bonchev–Trinajstić information content (AvgIpc) is 3.07. The molecule has 0 saturated heterocycles. The van der Waals surface area contributed by atoms with Crippen LogP contribution in [0.2, 0.25) is 0 Å². The number of rotatable bonds is 3. The molecular formula is C14H17FN4S. The van der Waals surface area contributed by atoms with Crippen molar-refractivity contribution in [1.82, 2.24) is 10.2 Å². The minimum Gasteiger partial charge on any atom is -0.374 e. The van der Waals surface area contributed by atoms with E-state index in [1.807, 2.05) is 32.6 Å². The summed E-state index contributed by atoms with van der Waals surface area (Å²) in [5.41, 5.74) is 3.01. The van der Waals surface area contributed by atoms with Crippen LogP contribution in [0, 0.1) is 5.82 Å². The summed E-state index contributed by atoms with van der Waals surface area (Å²) < 4.78 is 14.9. The van der Waals surface area contributed by atoms with Crippen LogP contribution in [0.25, 0.3) is 10.9 Å². The predicted molar refractivity (Wildman–Crippen MR) is 83.8 cm³/mol. The Labute approximate surface area is 121 Å². The predicted octanol–water partition coefficient (Wildman–Crippen LogP) is 3.31. The van der Waals surface area contributed by atoms with Crippen LogP contribution in [0.5, 0.6) is 0 Å². The number of nitrogens with one attached hydrogen (secondary N) is 1. The molecule has 1 N–H and O–H groups in total. The summed E-state index contributed by atoms with van der Waals surface area (Å²) >= 11 is 1.71. The number of H-pyrrole nitrogens is 1. The zero-order valence-corrected chi connectivity index (χ0v) is 12.6. The second-order valence-electron chi connectivity index (χ2n) is 4.95. The molecule has 0 aliphatic carbocycles. The van der Waals surface area contributed by atoms with E-state index in [0.29, 0.717) is 12.1 Å². The van der Waals surface area contributed by atoms with Gasteiger partial charge in [-0.3, -0.25) is 5.10 Å². The molecule has 20 heavy (non-hydrogen) atoms. The third kappa shape index (κ3) is 1.86. The third-order valence-corrected chi connectivity index (χ3v) is 4.27. The van der Waals surface area contributed by atoms with Crippen molar-refractivity contribution < 1.29 is 4.39 Å². The zero-order chi connectivity index (χ0) is 14.3. The Morgan fingerprint density at radius 3 is 2.90 bits per heavy atom. The van der Waals surface area contributed by atoms with E-state index >= 15 is 0 Å². The lowest BCUT2D eigenvalue weighted by molar-refractivity contribution is 0.612. The molecule has 2 aromatic rings. The van der Waals surface area contributed by atoms with Crippen molar-refractivity contribution in [3.8, 4) is 0 Å². The number of fused-ring (bicyclic) bond motifs is 1. The number of hydrogen-bond acceptors (Lipinski definition) is 4. The van der Waals surface area contributed by atoms with Crippen molar-refractivity contribution in [2.75, 3.05) is 29.8 Å². The molecule has 0 saturated carbocycles. The average molecular weight is 292 g/mol. The van der Waals surface area contributed by atoms with Crippen molar-refractivity contribution >= 4 is 34.0 Å². The van der Waals surface area contributed by atoms with Gasteiger partial charge in [0, 0.05) is 31.2 Å². The number of aromatic amines is 1. The van der Waals surface area contributed by atoms with Crippen molar-refractivity contribution in [2.24, 2.45) is 0 Å². The minimum atomic E-state index is -0.158. The minimum absolute atomic E-state index is 0.158. The van der Waals surface area contributed by atoms with Gasteiger partial charge in [-0.25, -0.2) is 4.39 Å². The molecule has 1 aromatic carbocycles. The van der Waals surface area contributed by atoms with E-state index in [1.54, 1.807) is 22.9 Å². The Hall–Kier alpha value is -1.69. The molecule has 0 fully saturated rings. The summed E-state index contributed by atoms with van der Waals surface area (Å²) in [5, 5.41) is 10.1. The molecule has 0 atom stereocenters. The fourth-order valence-electron chi connectivity index (χ4n) is 2.66. The fraction of sp³-hybridized carbons (Fsp3) is 0.357. The lowest BCUT2D eigenvalue weighted by Gasteiger charge is -2.24. The highest BCUT2D eigenvalue weighted by Gasteiger charge is 2.24. The van der Waals surface area contributed by atoms with Crippen LogP contribution in [0.3, 0.4) is 0 Å². The van der Waals surface area contributed by atoms with Gasteiger partial charge < -0.3 is 9.80 Å². The molecule has 4 nitrogen and oxygen atoms in total. The van der Waals surface area contributed by atoms with E-state index in [4.69, 9.17) is 0 Å². The van der Waals surface area contributed by atoms with Gasteiger partial charge >= 0.3 is 0 Å². The van der Waals surface area contributed by atoms with Crippen LogP contribution in [0.4, 0.5) is 15.8 Å². The standard InChI is InChI=1S/C14H17FN4S/c1-4-9-11(15)14(18(2)3)12-10(7-16-17-12)13(9)19-5-6-20-8-19/h5-7H,4,8H2,1-3H3,(H,16,17). The Bertz CT molecular complexity index is 677. The van der Waals surface area contributed by atoms with Gasteiger partial charge in [-0.2, -0.15) is 5.10 Å². The number of hydrogen-bond donors (Lipinski definition) is 1. The zero-order valence-electron chi connectivity index (χ0n) is 11.8. The van der Waals surface area contributed by atoms with Crippen LogP contribution in [0.15, 0.2) is 17.8 Å². The SMILES string of the molecule is CCc1c(F)c(N(C)C)c2[nH]ncc2c1N1C=CSC1. The van der Waals surface area contributed by atoms with E-state index in [9.17, 15) is 4.39 Å². The van der Waals surface area contributed by atoms with E-state index in [2.05, 4.69) is 15.1 Å². The summed E-state index contributed by atoms with van der Waals surface area (Å²) in [6, 6.07) is 0. The van der Waals surface area contributed by atoms with Crippen LogP contribution < -0.4 is 9.80 Å². The summed E-state index contributed by atoms with van der Waals surface area (Å²) in [7, 11) is 3.70. The van der Waals surface area contributed by atoms with Crippen LogP contribution >= 0.6 is 11.8 Å². The first-order chi connectivity index (χ1) is 9.65. The van der Waals surface area contributed by atoms with Crippen molar-refractivity contribution in [3.05, 3.63) is 29.2 Å². The van der Waals surface area contributed by atoms with Gasteiger partial charge in [-0.15, -0.1) is 11.8 Å².